The number of rotatable bonds is 7. The summed E-state index contributed by atoms with van der Waals surface area (Å²) in [5.74, 6) is -0.252. The number of para-hydroxylation sites is 1. The minimum Gasteiger partial charge on any atom is -0.469 e. The van der Waals surface area contributed by atoms with Crippen molar-refractivity contribution >= 4 is 11.7 Å². The molecule has 0 aromatic heterocycles. The van der Waals surface area contributed by atoms with Gasteiger partial charge in [0.1, 0.15) is 0 Å². The summed E-state index contributed by atoms with van der Waals surface area (Å²) >= 11 is 0. The Morgan fingerprint density at radius 2 is 2.05 bits per heavy atom. The van der Waals surface area contributed by atoms with Gasteiger partial charge >= 0.3 is 5.97 Å². The van der Waals surface area contributed by atoms with E-state index >= 15 is 0 Å². The molecule has 6 nitrogen and oxygen atoms in total. The molecule has 0 aliphatic heterocycles. The standard InChI is InChI=1S/C13H18N2O4/c1-14(10-8-13(16)19-2)9-7-11-5-3-4-6-12(11)15(17)18/h3-6H,7-10H2,1-2H3. The highest BCUT2D eigenvalue weighted by atomic mass is 16.6. The molecule has 6 heteroatoms. The summed E-state index contributed by atoms with van der Waals surface area (Å²) in [7, 11) is 3.23. The number of esters is 1. The molecule has 1 aromatic rings. The SMILES string of the molecule is COC(=O)CCN(C)CCc1ccccc1[N+](=O)[O-]. The largest absolute Gasteiger partial charge is 0.469 e. The molecule has 0 radical (unpaired) electrons. The number of ether oxygens (including phenoxy) is 1. The predicted octanol–water partition coefficient (Wildman–Crippen LogP) is 1.63. The Hall–Kier alpha value is -1.95. The Morgan fingerprint density at radius 3 is 2.68 bits per heavy atom. The highest BCUT2D eigenvalue weighted by molar-refractivity contribution is 5.69. The molecule has 0 aliphatic carbocycles. The van der Waals surface area contributed by atoms with E-state index in [1.807, 2.05) is 11.9 Å². The summed E-state index contributed by atoms with van der Waals surface area (Å²) in [5, 5.41) is 10.9. The van der Waals surface area contributed by atoms with Crippen molar-refractivity contribution in [3.05, 3.63) is 39.9 Å². The first-order valence-corrected chi connectivity index (χ1v) is 6.02. The second kappa shape index (κ2) is 7.48. The number of likely N-dealkylation sites (N-methyl/N-ethyl adjacent to an activating group) is 1. The van der Waals surface area contributed by atoms with Crippen LogP contribution in [0.3, 0.4) is 0 Å². The fourth-order valence-electron chi connectivity index (χ4n) is 1.71. The molecule has 1 rings (SSSR count). The van der Waals surface area contributed by atoms with Gasteiger partial charge in [-0.25, -0.2) is 0 Å². The maximum absolute atomic E-state index is 11.0. The summed E-state index contributed by atoms with van der Waals surface area (Å²) in [4.78, 5) is 23.4. The second-order valence-electron chi connectivity index (χ2n) is 4.27. The molecule has 0 aliphatic rings. The molecule has 0 N–H and O–H groups in total. The molecule has 0 amide bonds. The van der Waals surface area contributed by atoms with Gasteiger partial charge in [-0.2, -0.15) is 0 Å². The Kier molecular flexibility index (Phi) is 5.95. The van der Waals surface area contributed by atoms with Crippen LogP contribution in [0, 0.1) is 10.1 Å². The van der Waals surface area contributed by atoms with Crippen molar-refractivity contribution in [3.8, 4) is 0 Å². The van der Waals surface area contributed by atoms with Gasteiger partial charge in [-0.1, -0.05) is 18.2 Å². The number of nitro groups is 1. The molecule has 0 spiro atoms. The molecule has 104 valence electrons. The van der Waals surface area contributed by atoms with Crippen LogP contribution in [0.15, 0.2) is 24.3 Å². The van der Waals surface area contributed by atoms with Gasteiger partial charge in [-0.3, -0.25) is 14.9 Å². The Morgan fingerprint density at radius 1 is 1.37 bits per heavy atom. The quantitative estimate of drug-likeness (QED) is 0.426. The van der Waals surface area contributed by atoms with Gasteiger partial charge in [-0.05, 0) is 13.5 Å². The van der Waals surface area contributed by atoms with E-state index in [2.05, 4.69) is 4.74 Å². The molecule has 19 heavy (non-hydrogen) atoms. The van der Waals surface area contributed by atoms with E-state index in [9.17, 15) is 14.9 Å². The van der Waals surface area contributed by atoms with Gasteiger partial charge in [0.25, 0.3) is 5.69 Å². The molecule has 1 aromatic carbocycles. The van der Waals surface area contributed by atoms with Crippen molar-refractivity contribution in [1.29, 1.82) is 0 Å². The minimum absolute atomic E-state index is 0.142. The van der Waals surface area contributed by atoms with E-state index in [1.165, 1.54) is 13.2 Å². The zero-order valence-corrected chi connectivity index (χ0v) is 11.2. The van der Waals surface area contributed by atoms with E-state index in [0.717, 1.165) is 0 Å². The maximum atomic E-state index is 11.0. The lowest BCUT2D eigenvalue weighted by Crippen LogP contribution is -2.24. The van der Waals surface area contributed by atoms with E-state index in [-0.39, 0.29) is 16.6 Å². The summed E-state index contributed by atoms with van der Waals surface area (Å²) in [6, 6.07) is 6.70. The molecule has 0 saturated carbocycles. The molecule has 0 fully saturated rings. The second-order valence-corrected chi connectivity index (χ2v) is 4.27. The first kappa shape index (κ1) is 15.1. The first-order valence-electron chi connectivity index (χ1n) is 6.02. The first-order chi connectivity index (χ1) is 9.04. The summed E-state index contributed by atoms with van der Waals surface area (Å²) in [6.07, 6.45) is 0.901. The van der Waals surface area contributed by atoms with E-state index in [1.54, 1.807) is 18.2 Å². The van der Waals surface area contributed by atoms with Crippen LogP contribution >= 0.6 is 0 Å². The van der Waals surface area contributed by atoms with Gasteiger partial charge < -0.3 is 9.64 Å². The summed E-state index contributed by atoms with van der Waals surface area (Å²) in [5.41, 5.74) is 0.848. The van der Waals surface area contributed by atoms with Gasteiger partial charge in [0, 0.05) is 24.7 Å². The molecular weight excluding hydrogens is 248 g/mol. The van der Waals surface area contributed by atoms with Crippen molar-refractivity contribution in [2.24, 2.45) is 0 Å². The normalized spacial score (nSPS) is 10.5. The summed E-state index contributed by atoms with van der Waals surface area (Å²) < 4.78 is 4.56. The topological polar surface area (TPSA) is 72.7 Å². The number of benzene rings is 1. The Labute approximate surface area is 112 Å². The van der Waals surface area contributed by atoms with Crippen molar-refractivity contribution < 1.29 is 14.5 Å². The molecule has 0 heterocycles. The third kappa shape index (κ3) is 5.05. The van der Waals surface area contributed by atoms with Crippen molar-refractivity contribution in [3.63, 3.8) is 0 Å². The number of nitrogens with zero attached hydrogens (tertiary/aromatic N) is 2. The maximum Gasteiger partial charge on any atom is 0.306 e. The van der Waals surface area contributed by atoms with Crippen molar-refractivity contribution in [1.82, 2.24) is 4.90 Å². The Bertz CT molecular complexity index is 448. The van der Waals surface area contributed by atoms with E-state index in [4.69, 9.17) is 0 Å². The number of carbonyl (C=O) groups excluding carboxylic acids is 1. The summed E-state index contributed by atoms with van der Waals surface area (Å²) in [6.45, 7) is 1.23. The van der Waals surface area contributed by atoms with Crippen molar-refractivity contribution in [2.45, 2.75) is 12.8 Å². The predicted molar refractivity (Wildman–Crippen MR) is 70.9 cm³/mol. The van der Waals surface area contributed by atoms with Crippen LogP contribution in [0.25, 0.3) is 0 Å². The number of nitro benzene ring substituents is 1. The lowest BCUT2D eigenvalue weighted by molar-refractivity contribution is -0.385. The van der Waals surface area contributed by atoms with Crippen LogP contribution in [0.1, 0.15) is 12.0 Å². The van der Waals surface area contributed by atoms with Crippen LogP contribution < -0.4 is 0 Å². The average Bonchev–Trinajstić information content (AvgIpc) is 2.42. The molecular formula is C13H18N2O4. The molecule has 0 saturated heterocycles. The molecule has 0 unspecified atom stereocenters. The van der Waals surface area contributed by atoms with Crippen LogP contribution in [0.4, 0.5) is 5.69 Å². The van der Waals surface area contributed by atoms with Crippen LogP contribution in [0.5, 0.6) is 0 Å². The number of hydrogen-bond acceptors (Lipinski definition) is 5. The van der Waals surface area contributed by atoms with Gasteiger partial charge in [0.05, 0.1) is 18.5 Å². The molecule has 0 atom stereocenters. The fourth-order valence-corrected chi connectivity index (χ4v) is 1.71. The lowest BCUT2D eigenvalue weighted by Gasteiger charge is -2.15. The van der Waals surface area contributed by atoms with Gasteiger partial charge in [0.15, 0.2) is 0 Å². The average molecular weight is 266 g/mol. The minimum atomic E-state index is -0.371. The van der Waals surface area contributed by atoms with Crippen LogP contribution in [0.2, 0.25) is 0 Å². The third-order valence-electron chi connectivity index (χ3n) is 2.88. The monoisotopic (exact) mass is 266 g/mol. The number of hydrogen-bond donors (Lipinski definition) is 0. The zero-order chi connectivity index (χ0) is 14.3. The highest BCUT2D eigenvalue weighted by Crippen LogP contribution is 2.18. The highest BCUT2D eigenvalue weighted by Gasteiger charge is 2.12. The zero-order valence-electron chi connectivity index (χ0n) is 11.2. The molecule has 0 bridgehead atoms. The van der Waals surface area contributed by atoms with Crippen molar-refractivity contribution in [2.75, 3.05) is 27.2 Å². The van der Waals surface area contributed by atoms with Crippen LogP contribution in [-0.4, -0.2) is 43.0 Å². The van der Waals surface area contributed by atoms with E-state index < -0.39 is 0 Å². The van der Waals surface area contributed by atoms with E-state index in [0.29, 0.717) is 31.5 Å². The van der Waals surface area contributed by atoms with Gasteiger partial charge in [-0.15, -0.1) is 0 Å². The number of carbonyl (C=O) groups is 1. The fraction of sp³-hybridized carbons (Fsp3) is 0.462. The van der Waals surface area contributed by atoms with Crippen LogP contribution in [-0.2, 0) is 16.0 Å². The third-order valence-corrected chi connectivity index (χ3v) is 2.88. The number of methoxy groups -OCH3 is 1. The lowest BCUT2D eigenvalue weighted by atomic mass is 10.1. The smallest absolute Gasteiger partial charge is 0.306 e. The van der Waals surface area contributed by atoms with Gasteiger partial charge in [0.2, 0.25) is 0 Å². The Balaban J connectivity index is 2.48.